The standard InChI is InChI=1S/C21H24F2N6O3.H2/c22-21(23)29-7-5-17(26-29)24-19(30)16-9-14-11-28(10-13-6-8-31-12-13)27-18(14)25-20(16)32-15-3-1-2-4-15;/h5,7,9,11,13,15,21H,1-4,6,8,10,12H2,(H,24,26,30);1H/t13-;/m0./s1. The SMILES string of the molecule is O=C(Nc1ccn(C(F)F)n1)c1cc2cn(C[C@@H]3CCOC3)nc2nc1OC1CCCC1.[HH]. The minimum Gasteiger partial charge on any atom is -0.474 e. The Balaban J connectivity index is 0.00000259. The van der Waals surface area contributed by atoms with Crippen LogP contribution in [0.5, 0.6) is 5.88 Å². The number of amides is 1. The third kappa shape index (κ3) is 4.43. The number of fused-ring (bicyclic) bond motifs is 1. The fourth-order valence-corrected chi connectivity index (χ4v) is 4.19. The summed E-state index contributed by atoms with van der Waals surface area (Å²) >= 11 is 0. The van der Waals surface area contributed by atoms with Crippen LogP contribution in [0.2, 0.25) is 0 Å². The molecule has 1 saturated carbocycles. The molecular weight excluding hydrogens is 422 g/mol. The molecule has 1 atom stereocenters. The van der Waals surface area contributed by atoms with Crippen molar-refractivity contribution in [2.24, 2.45) is 5.92 Å². The van der Waals surface area contributed by atoms with Gasteiger partial charge in [0.15, 0.2) is 11.5 Å². The van der Waals surface area contributed by atoms with Crippen molar-refractivity contribution in [1.29, 1.82) is 0 Å². The summed E-state index contributed by atoms with van der Waals surface area (Å²) in [5.41, 5.74) is 0.718. The lowest BCUT2D eigenvalue weighted by Gasteiger charge is -2.15. The van der Waals surface area contributed by atoms with E-state index in [2.05, 4.69) is 20.5 Å². The Labute approximate surface area is 184 Å². The molecule has 4 heterocycles. The van der Waals surface area contributed by atoms with E-state index in [-0.39, 0.29) is 24.8 Å². The van der Waals surface area contributed by atoms with Crippen molar-refractivity contribution in [2.45, 2.75) is 51.3 Å². The van der Waals surface area contributed by atoms with Crippen LogP contribution in [-0.4, -0.2) is 49.8 Å². The number of carbonyl (C=O) groups is 1. The first-order chi connectivity index (χ1) is 15.5. The summed E-state index contributed by atoms with van der Waals surface area (Å²) < 4.78 is 39.4. The maximum Gasteiger partial charge on any atom is 0.333 e. The molecule has 0 aromatic carbocycles. The average molecular weight is 448 g/mol. The third-order valence-electron chi connectivity index (χ3n) is 5.85. The van der Waals surface area contributed by atoms with Crippen LogP contribution in [0.15, 0.2) is 24.5 Å². The summed E-state index contributed by atoms with van der Waals surface area (Å²) in [7, 11) is 0. The van der Waals surface area contributed by atoms with Gasteiger partial charge in [-0.25, -0.2) is 4.68 Å². The van der Waals surface area contributed by atoms with Gasteiger partial charge in [-0.1, -0.05) is 0 Å². The Kier molecular flexibility index (Phi) is 5.73. The van der Waals surface area contributed by atoms with Crippen LogP contribution >= 0.6 is 0 Å². The fraction of sp³-hybridized carbons (Fsp3) is 0.524. The average Bonchev–Trinajstić information content (AvgIpc) is 3.55. The van der Waals surface area contributed by atoms with Crippen LogP contribution in [0, 0.1) is 5.92 Å². The highest BCUT2D eigenvalue weighted by atomic mass is 19.3. The molecule has 172 valence electrons. The van der Waals surface area contributed by atoms with Crippen molar-refractivity contribution in [3.8, 4) is 5.88 Å². The second kappa shape index (κ2) is 8.81. The molecule has 3 aromatic heterocycles. The topological polar surface area (TPSA) is 96.1 Å². The van der Waals surface area contributed by atoms with Gasteiger partial charge in [-0.05, 0) is 38.2 Å². The van der Waals surface area contributed by atoms with Gasteiger partial charge in [-0.15, -0.1) is 0 Å². The Hall–Kier alpha value is -3.08. The van der Waals surface area contributed by atoms with Gasteiger partial charge in [0.1, 0.15) is 11.7 Å². The number of anilines is 1. The molecule has 2 fully saturated rings. The molecule has 3 aromatic rings. The van der Waals surface area contributed by atoms with Crippen molar-refractivity contribution in [2.75, 3.05) is 18.5 Å². The van der Waals surface area contributed by atoms with E-state index < -0.39 is 12.5 Å². The van der Waals surface area contributed by atoms with Crippen LogP contribution in [0.4, 0.5) is 14.6 Å². The number of hydrogen-bond donors (Lipinski definition) is 1. The van der Waals surface area contributed by atoms with E-state index in [1.165, 1.54) is 6.07 Å². The van der Waals surface area contributed by atoms with E-state index in [0.717, 1.165) is 44.9 Å². The molecule has 0 bridgehead atoms. The molecule has 1 saturated heterocycles. The van der Waals surface area contributed by atoms with E-state index >= 15 is 0 Å². The zero-order valence-electron chi connectivity index (χ0n) is 17.4. The highest BCUT2D eigenvalue weighted by Gasteiger charge is 2.24. The van der Waals surface area contributed by atoms with E-state index in [1.54, 1.807) is 6.07 Å². The maximum atomic E-state index is 13.0. The van der Waals surface area contributed by atoms with Crippen LogP contribution in [-0.2, 0) is 11.3 Å². The molecule has 0 spiro atoms. The third-order valence-corrected chi connectivity index (χ3v) is 5.85. The maximum absolute atomic E-state index is 13.0. The molecule has 1 amide bonds. The molecule has 1 aliphatic carbocycles. The van der Waals surface area contributed by atoms with Crippen molar-refractivity contribution in [1.82, 2.24) is 24.5 Å². The Bertz CT molecular complexity index is 1110. The van der Waals surface area contributed by atoms with Gasteiger partial charge < -0.3 is 14.8 Å². The molecule has 11 heteroatoms. The first-order valence-electron chi connectivity index (χ1n) is 10.8. The summed E-state index contributed by atoms with van der Waals surface area (Å²) in [4.78, 5) is 17.5. The summed E-state index contributed by atoms with van der Waals surface area (Å²) in [5, 5.41) is 11.5. The van der Waals surface area contributed by atoms with E-state index in [9.17, 15) is 13.6 Å². The number of pyridine rings is 1. The molecule has 5 rings (SSSR count). The van der Waals surface area contributed by atoms with E-state index in [4.69, 9.17) is 9.47 Å². The van der Waals surface area contributed by atoms with Crippen LogP contribution in [0.3, 0.4) is 0 Å². The highest BCUT2D eigenvalue weighted by Crippen LogP contribution is 2.28. The quantitative estimate of drug-likeness (QED) is 0.589. The summed E-state index contributed by atoms with van der Waals surface area (Å²) in [6.07, 6.45) is 7.86. The lowest BCUT2D eigenvalue weighted by Crippen LogP contribution is -2.19. The molecule has 2 aliphatic rings. The van der Waals surface area contributed by atoms with Crippen molar-refractivity contribution < 1.29 is 24.5 Å². The molecule has 0 radical (unpaired) electrons. The smallest absolute Gasteiger partial charge is 0.333 e. The second-order valence-corrected chi connectivity index (χ2v) is 8.27. The predicted molar refractivity (Wildman–Crippen MR) is 113 cm³/mol. The normalized spacial score (nSPS) is 19.3. The van der Waals surface area contributed by atoms with Gasteiger partial charge in [0, 0.05) is 44.3 Å². The molecule has 9 nitrogen and oxygen atoms in total. The van der Waals surface area contributed by atoms with Gasteiger partial charge >= 0.3 is 6.55 Å². The summed E-state index contributed by atoms with van der Waals surface area (Å²) in [6.45, 7) is -0.606. The van der Waals surface area contributed by atoms with Gasteiger partial charge in [0.05, 0.1) is 6.61 Å². The first kappa shape index (κ1) is 20.8. The van der Waals surface area contributed by atoms with Crippen LogP contribution < -0.4 is 10.1 Å². The summed E-state index contributed by atoms with van der Waals surface area (Å²) in [5.74, 6) is 0.0962. The first-order valence-corrected chi connectivity index (χ1v) is 10.8. The van der Waals surface area contributed by atoms with Gasteiger partial charge in [0.25, 0.3) is 5.91 Å². The lowest BCUT2D eigenvalue weighted by atomic mass is 10.1. The highest BCUT2D eigenvalue weighted by molar-refractivity contribution is 6.07. The number of nitrogens with zero attached hydrogens (tertiary/aromatic N) is 5. The van der Waals surface area contributed by atoms with E-state index in [1.807, 2.05) is 10.9 Å². The largest absolute Gasteiger partial charge is 0.474 e. The number of rotatable bonds is 7. The minimum absolute atomic E-state index is 0. The lowest BCUT2D eigenvalue weighted by molar-refractivity contribution is 0.0568. The Morgan fingerprint density at radius 1 is 1.31 bits per heavy atom. The predicted octanol–water partition coefficient (Wildman–Crippen LogP) is 3.88. The van der Waals surface area contributed by atoms with Crippen molar-refractivity contribution in [3.05, 3.63) is 30.1 Å². The Morgan fingerprint density at radius 3 is 2.88 bits per heavy atom. The molecule has 0 unspecified atom stereocenters. The van der Waals surface area contributed by atoms with Crippen LogP contribution in [0.1, 0.15) is 50.4 Å². The Morgan fingerprint density at radius 2 is 2.16 bits per heavy atom. The number of nitrogens with one attached hydrogen (secondary N) is 1. The summed E-state index contributed by atoms with van der Waals surface area (Å²) in [6, 6.07) is 3.00. The molecule has 1 aliphatic heterocycles. The monoisotopic (exact) mass is 448 g/mol. The van der Waals surface area contributed by atoms with Crippen LogP contribution in [0.25, 0.3) is 11.0 Å². The minimum atomic E-state index is -2.78. The number of aromatic nitrogens is 5. The van der Waals surface area contributed by atoms with Crippen molar-refractivity contribution >= 4 is 22.8 Å². The van der Waals surface area contributed by atoms with Gasteiger partial charge in [0.2, 0.25) is 5.88 Å². The number of ether oxygens (including phenoxy) is 2. The number of hydrogen-bond acceptors (Lipinski definition) is 6. The fourth-order valence-electron chi connectivity index (χ4n) is 4.19. The number of carbonyl (C=O) groups excluding carboxylic acids is 1. The zero-order chi connectivity index (χ0) is 22.1. The van der Waals surface area contributed by atoms with Crippen molar-refractivity contribution in [3.63, 3.8) is 0 Å². The van der Waals surface area contributed by atoms with E-state index in [0.29, 0.717) is 34.8 Å². The molecule has 1 N–H and O–H groups in total. The second-order valence-electron chi connectivity index (χ2n) is 8.27. The molecule has 32 heavy (non-hydrogen) atoms. The van der Waals surface area contributed by atoms with Gasteiger partial charge in [-0.3, -0.25) is 9.48 Å². The molecular formula is C21H26F2N6O3. The number of alkyl halides is 2. The zero-order valence-corrected chi connectivity index (χ0v) is 17.4. The van der Waals surface area contributed by atoms with Gasteiger partial charge in [-0.2, -0.15) is 24.0 Å². The number of halogens is 2.